The molecular formula is C14H28N4P2. The third-order valence-electron chi connectivity index (χ3n) is 2.83. The average molecular weight is 314 g/mol. The zero-order valence-electron chi connectivity index (χ0n) is 14.0. The molecule has 4 nitrogen and oxygen atoms in total. The van der Waals surface area contributed by atoms with Gasteiger partial charge in [0.05, 0.1) is 16.4 Å². The van der Waals surface area contributed by atoms with Crippen LogP contribution in [0.3, 0.4) is 0 Å². The van der Waals surface area contributed by atoms with E-state index >= 15 is 0 Å². The summed E-state index contributed by atoms with van der Waals surface area (Å²) in [6.45, 7) is 0. The summed E-state index contributed by atoms with van der Waals surface area (Å²) < 4.78 is 9.31. The van der Waals surface area contributed by atoms with Crippen molar-refractivity contribution < 1.29 is 0 Å². The van der Waals surface area contributed by atoms with Gasteiger partial charge >= 0.3 is 0 Å². The summed E-state index contributed by atoms with van der Waals surface area (Å²) in [6.07, 6.45) is 0. The molecule has 0 amide bonds. The molecule has 0 N–H and O–H groups in total. The topological polar surface area (TPSA) is 13.0 Å². The minimum absolute atomic E-state index is 0.447. The smallest absolute Gasteiger partial charge is 0.0721 e. The van der Waals surface area contributed by atoms with Crippen LogP contribution in [0.25, 0.3) is 0 Å². The Morgan fingerprint density at radius 1 is 0.550 bits per heavy atom. The van der Waals surface area contributed by atoms with Gasteiger partial charge in [-0.25, -0.2) is 0 Å². The van der Waals surface area contributed by atoms with E-state index < -0.39 is 16.4 Å². The van der Waals surface area contributed by atoms with Crippen LogP contribution in [0.2, 0.25) is 0 Å². The summed E-state index contributed by atoms with van der Waals surface area (Å²) in [5.41, 5.74) is 0. The first-order valence-corrected chi connectivity index (χ1v) is 9.15. The lowest BCUT2D eigenvalue weighted by atomic mass is 10.4. The van der Waals surface area contributed by atoms with Crippen LogP contribution in [0, 0.1) is 0 Å². The highest BCUT2D eigenvalue weighted by Gasteiger charge is 2.26. The Bertz CT molecular complexity index is 366. The van der Waals surface area contributed by atoms with Crippen LogP contribution in [0.15, 0.2) is 24.3 Å². The molecule has 6 heteroatoms. The lowest BCUT2D eigenvalue weighted by Crippen LogP contribution is -2.36. The van der Waals surface area contributed by atoms with Crippen LogP contribution in [0.1, 0.15) is 0 Å². The SMILES string of the molecule is CN(C)P(c1ccccc1P(N(C)C)N(C)C)N(C)C. The van der Waals surface area contributed by atoms with Crippen LogP contribution < -0.4 is 10.6 Å². The van der Waals surface area contributed by atoms with Gasteiger partial charge in [0.15, 0.2) is 0 Å². The predicted molar refractivity (Wildman–Crippen MR) is 94.3 cm³/mol. The molecule has 20 heavy (non-hydrogen) atoms. The highest BCUT2D eigenvalue weighted by atomic mass is 31.1. The quantitative estimate of drug-likeness (QED) is 0.743. The van der Waals surface area contributed by atoms with Crippen LogP contribution in [0.4, 0.5) is 0 Å². The predicted octanol–water partition coefficient (Wildman–Crippen LogP) is 1.81. The van der Waals surface area contributed by atoms with Gasteiger partial charge in [-0.1, -0.05) is 24.3 Å². The number of benzene rings is 1. The fourth-order valence-corrected chi connectivity index (χ4v) is 7.07. The molecule has 0 aliphatic rings. The zero-order chi connectivity index (χ0) is 15.4. The molecule has 0 fully saturated rings. The molecular weight excluding hydrogens is 286 g/mol. The molecule has 0 aliphatic carbocycles. The lowest BCUT2D eigenvalue weighted by Gasteiger charge is -2.36. The van der Waals surface area contributed by atoms with Crippen LogP contribution in [-0.2, 0) is 0 Å². The Morgan fingerprint density at radius 3 is 1.00 bits per heavy atom. The Hall–Kier alpha value is -0.0800. The molecule has 0 spiro atoms. The van der Waals surface area contributed by atoms with Crippen LogP contribution in [0.5, 0.6) is 0 Å². The van der Waals surface area contributed by atoms with Crippen molar-refractivity contribution in [2.24, 2.45) is 0 Å². The lowest BCUT2D eigenvalue weighted by molar-refractivity contribution is 0.581. The zero-order valence-corrected chi connectivity index (χ0v) is 15.8. The van der Waals surface area contributed by atoms with Crippen molar-refractivity contribution in [3.05, 3.63) is 24.3 Å². The van der Waals surface area contributed by atoms with Gasteiger partial charge in [0.1, 0.15) is 0 Å². The van der Waals surface area contributed by atoms with E-state index in [1.807, 2.05) is 0 Å². The molecule has 0 bridgehead atoms. The highest BCUT2D eigenvalue weighted by Crippen LogP contribution is 2.44. The maximum atomic E-state index is 2.33. The largest absolute Gasteiger partial charge is 0.272 e. The summed E-state index contributed by atoms with van der Waals surface area (Å²) in [7, 11) is 16.4. The Balaban J connectivity index is 3.34. The van der Waals surface area contributed by atoms with Crippen molar-refractivity contribution in [2.75, 3.05) is 56.4 Å². The first-order valence-electron chi connectivity index (χ1n) is 6.65. The minimum atomic E-state index is -0.447. The molecule has 1 aromatic rings. The normalized spacial score (nSPS) is 12.7. The second kappa shape index (κ2) is 7.79. The monoisotopic (exact) mass is 314 g/mol. The Kier molecular flexibility index (Phi) is 7.00. The third kappa shape index (κ3) is 4.21. The fourth-order valence-electron chi connectivity index (χ4n) is 2.38. The molecule has 0 heterocycles. The summed E-state index contributed by atoms with van der Waals surface area (Å²) in [5, 5.41) is 2.90. The molecule has 0 unspecified atom stereocenters. The van der Waals surface area contributed by atoms with Gasteiger partial charge in [0.2, 0.25) is 0 Å². The number of hydrogen-bond donors (Lipinski definition) is 0. The fraction of sp³-hybridized carbons (Fsp3) is 0.571. The van der Waals surface area contributed by atoms with Gasteiger partial charge < -0.3 is 0 Å². The highest BCUT2D eigenvalue weighted by molar-refractivity contribution is 7.67. The van der Waals surface area contributed by atoms with E-state index in [0.717, 1.165) is 0 Å². The van der Waals surface area contributed by atoms with E-state index in [2.05, 4.69) is 99.3 Å². The first kappa shape index (κ1) is 18.0. The molecule has 1 rings (SSSR count). The van der Waals surface area contributed by atoms with E-state index in [0.29, 0.717) is 0 Å². The van der Waals surface area contributed by atoms with E-state index in [9.17, 15) is 0 Å². The molecule has 0 saturated heterocycles. The molecule has 0 aliphatic heterocycles. The Morgan fingerprint density at radius 2 is 0.800 bits per heavy atom. The second-order valence-corrected chi connectivity index (χ2v) is 10.8. The van der Waals surface area contributed by atoms with E-state index in [1.54, 1.807) is 0 Å². The van der Waals surface area contributed by atoms with Gasteiger partial charge in [0.25, 0.3) is 0 Å². The average Bonchev–Trinajstić information content (AvgIpc) is 2.29. The van der Waals surface area contributed by atoms with Crippen molar-refractivity contribution in [3.8, 4) is 0 Å². The summed E-state index contributed by atoms with van der Waals surface area (Å²) in [5.74, 6) is 0. The molecule has 0 saturated carbocycles. The third-order valence-corrected chi connectivity index (χ3v) is 7.68. The Labute approximate surface area is 127 Å². The van der Waals surface area contributed by atoms with Crippen molar-refractivity contribution in [2.45, 2.75) is 0 Å². The molecule has 114 valence electrons. The van der Waals surface area contributed by atoms with Gasteiger partial charge in [0, 0.05) is 10.6 Å². The van der Waals surface area contributed by atoms with Crippen molar-refractivity contribution in [3.63, 3.8) is 0 Å². The molecule has 1 aromatic carbocycles. The first-order chi connectivity index (χ1) is 9.27. The van der Waals surface area contributed by atoms with Crippen LogP contribution in [-0.4, -0.2) is 75.1 Å². The number of rotatable bonds is 6. The van der Waals surface area contributed by atoms with E-state index in [-0.39, 0.29) is 0 Å². The summed E-state index contributed by atoms with van der Waals surface area (Å²) in [4.78, 5) is 0. The maximum absolute atomic E-state index is 2.33. The molecule has 0 aromatic heterocycles. The molecule has 0 atom stereocenters. The number of hydrogen-bond acceptors (Lipinski definition) is 4. The second-order valence-electron chi connectivity index (χ2n) is 5.46. The van der Waals surface area contributed by atoms with Crippen molar-refractivity contribution >= 4 is 27.1 Å². The van der Waals surface area contributed by atoms with Gasteiger partial charge in [-0.3, -0.25) is 18.7 Å². The van der Waals surface area contributed by atoms with Gasteiger partial charge in [-0.2, -0.15) is 0 Å². The van der Waals surface area contributed by atoms with Crippen molar-refractivity contribution in [1.29, 1.82) is 0 Å². The van der Waals surface area contributed by atoms with Gasteiger partial charge in [-0.15, -0.1) is 0 Å². The van der Waals surface area contributed by atoms with E-state index in [1.165, 1.54) is 10.6 Å². The van der Waals surface area contributed by atoms with Gasteiger partial charge in [-0.05, 0) is 56.4 Å². The summed E-state index contributed by atoms with van der Waals surface area (Å²) in [6, 6.07) is 8.87. The standard InChI is InChI=1S/C14H28N4P2/c1-15(2)19(16(3)4)13-11-9-10-12-14(13)20(17(5)6)18(7)8/h9-12H,1-8H3. The summed E-state index contributed by atoms with van der Waals surface area (Å²) >= 11 is 0. The molecule has 0 radical (unpaired) electrons. The van der Waals surface area contributed by atoms with Crippen LogP contribution >= 0.6 is 16.4 Å². The minimum Gasteiger partial charge on any atom is -0.272 e. The maximum Gasteiger partial charge on any atom is 0.0721 e. The number of nitrogens with zero attached hydrogens (tertiary/aromatic N) is 4. The van der Waals surface area contributed by atoms with Crippen molar-refractivity contribution in [1.82, 2.24) is 18.7 Å². The van der Waals surface area contributed by atoms with E-state index in [4.69, 9.17) is 0 Å².